The van der Waals surface area contributed by atoms with Gasteiger partial charge in [-0.2, -0.15) is 0 Å². The molecule has 0 aliphatic carbocycles. The van der Waals surface area contributed by atoms with Gasteiger partial charge in [0.1, 0.15) is 0 Å². The summed E-state index contributed by atoms with van der Waals surface area (Å²) in [4.78, 5) is 2.36. The molecule has 10 rings (SSSR count). The third-order valence-corrected chi connectivity index (χ3v) is 11.4. The number of fused-ring (bicyclic) bond motifs is 5. The maximum Gasteiger partial charge on any atom is 0.0467 e. The number of anilines is 3. The van der Waals surface area contributed by atoms with Crippen molar-refractivity contribution in [2.24, 2.45) is 0 Å². The van der Waals surface area contributed by atoms with Crippen LogP contribution in [-0.4, -0.2) is 0 Å². The van der Waals surface area contributed by atoms with Crippen LogP contribution in [0, 0.1) is 0 Å². The van der Waals surface area contributed by atoms with Gasteiger partial charge in [-0.1, -0.05) is 140 Å². The van der Waals surface area contributed by atoms with Gasteiger partial charge >= 0.3 is 0 Å². The van der Waals surface area contributed by atoms with Crippen molar-refractivity contribution in [3.8, 4) is 33.4 Å². The van der Waals surface area contributed by atoms with Crippen LogP contribution in [-0.2, 0) is 0 Å². The molecule has 10 aromatic rings. The topological polar surface area (TPSA) is 3.24 Å². The summed E-state index contributed by atoms with van der Waals surface area (Å²) in [5, 5.41) is 7.74. The van der Waals surface area contributed by atoms with Crippen molar-refractivity contribution < 1.29 is 0 Å². The molecule has 1 nitrogen and oxygen atoms in total. The summed E-state index contributed by atoms with van der Waals surface area (Å²) in [6.45, 7) is 0. The van der Waals surface area contributed by atoms with Gasteiger partial charge in [-0.05, 0) is 116 Å². The number of nitrogens with zero attached hydrogens (tertiary/aromatic N) is 1. The van der Waals surface area contributed by atoms with E-state index in [0.717, 1.165) is 17.1 Å². The summed E-state index contributed by atoms with van der Waals surface area (Å²) < 4.78 is 2.67. The molecule has 0 amide bonds. The average molecular weight is 680 g/mol. The van der Waals surface area contributed by atoms with Crippen LogP contribution in [0.1, 0.15) is 0 Å². The molecule has 0 unspecified atom stereocenters. The second-order valence-electron chi connectivity index (χ2n) is 13.4. The Morgan fingerprint density at radius 3 is 1.73 bits per heavy atom. The van der Waals surface area contributed by atoms with Crippen molar-refractivity contribution in [1.29, 1.82) is 0 Å². The zero-order valence-electron chi connectivity index (χ0n) is 28.4. The molecular formula is C50H33NS. The first kappa shape index (κ1) is 30.4. The fourth-order valence-electron chi connectivity index (χ4n) is 7.62. The van der Waals surface area contributed by atoms with Crippen LogP contribution >= 0.6 is 11.3 Å². The highest BCUT2D eigenvalue weighted by Gasteiger charge is 2.15. The number of hydrogen-bond donors (Lipinski definition) is 0. The Balaban J connectivity index is 1.04. The predicted molar refractivity (Wildman–Crippen MR) is 225 cm³/mol. The standard InChI is InChI=1S/C50H33NS/c1-2-10-34(11-3-1)38-14-8-15-44(31-38)51(43-28-24-37(25-29-43)46-18-9-13-36-12-4-5-16-45(36)46)42-26-22-35(23-27-42)39-20-21-40-32-48-47-17-6-7-19-49(47)52-50(48)33-41(40)30-39/h1-33H. The number of benzene rings is 9. The number of hydrogen-bond acceptors (Lipinski definition) is 2. The van der Waals surface area contributed by atoms with E-state index < -0.39 is 0 Å². The molecule has 0 N–H and O–H groups in total. The van der Waals surface area contributed by atoms with Crippen molar-refractivity contribution in [3.63, 3.8) is 0 Å². The number of rotatable bonds is 6. The highest BCUT2D eigenvalue weighted by molar-refractivity contribution is 7.25. The molecule has 52 heavy (non-hydrogen) atoms. The van der Waals surface area contributed by atoms with Gasteiger partial charge in [0, 0.05) is 37.2 Å². The molecule has 0 radical (unpaired) electrons. The molecule has 1 aromatic heterocycles. The SMILES string of the molecule is c1ccc(-c2cccc(N(c3ccc(-c4ccc5cc6c(cc5c4)sc4ccccc46)cc3)c3ccc(-c4cccc5ccccc45)cc3)c2)cc1. The van der Waals surface area contributed by atoms with Crippen molar-refractivity contribution in [1.82, 2.24) is 0 Å². The fraction of sp³-hybridized carbons (Fsp3) is 0. The fourth-order valence-corrected chi connectivity index (χ4v) is 8.76. The van der Waals surface area contributed by atoms with E-state index in [2.05, 4.69) is 205 Å². The lowest BCUT2D eigenvalue weighted by molar-refractivity contribution is 1.28. The molecule has 0 bridgehead atoms. The third-order valence-electron chi connectivity index (χ3n) is 10.2. The maximum absolute atomic E-state index is 2.36. The molecule has 0 spiro atoms. The van der Waals surface area contributed by atoms with Gasteiger partial charge in [0.05, 0.1) is 0 Å². The minimum absolute atomic E-state index is 1.11. The summed E-state index contributed by atoms with van der Waals surface area (Å²) in [7, 11) is 0. The first-order valence-electron chi connectivity index (χ1n) is 17.7. The molecule has 0 fully saturated rings. The van der Waals surface area contributed by atoms with Crippen LogP contribution in [0.3, 0.4) is 0 Å². The van der Waals surface area contributed by atoms with Crippen LogP contribution in [0.25, 0.3) is 75.1 Å². The summed E-state index contributed by atoms with van der Waals surface area (Å²) >= 11 is 1.87. The average Bonchev–Trinajstić information content (AvgIpc) is 3.58. The first-order valence-corrected chi connectivity index (χ1v) is 18.6. The van der Waals surface area contributed by atoms with E-state index in [9.17, 15) is 0 Å². The normalized spacial score (nSPS) is 11.5. The minimum atomic E-state index is 1.11. The molecule has 2 heteroatoms. The maximum atomic E-state index is 2.36. The highest BCUT2D eigenvalue weighted by Crippen LogP contribution is 2.40. The van der Waals surface area contributed by atoms with E-state index in [1.807, 2.05) is 11.3 Å². The summed E-state index contributed by atoms with van der Waals surface area (Å²) in [6, 6.07) is 72.9. The zero-order valence-corrected chi connectivity index (χ0v) is 29.2. The largest absolute Gasteiger partial charge is 0.310 e. The van der Waals surface area contributed by atoms with E-state index in [1.165, 1.54) is 75.1 Å². The first-order chi connectivity index (χ1) is 25.7. The lowest BCUT2D eigenvalue weighted by atomic mass is 9.97. The lowest BCUT2D eigenvalue weighted by Crippen LogP contribution is -2.10. The van der Waals surface area contributed by atoms with Crippen LogP contribution < -0.4 is 4.90 Å². The third kappa shape index (κ3) is 5.42. The van der Waals surface area contributed by atoms with Crippen molar-refractivity contribution in [2.45, 2.75) is 0 Å². The second-order valence-corrected chi connectivity index (χ2v) is 14.5. The van der Waals surface area contributed by atoms with Gasteiger partial charge in [-0.3, -0.25) is 0 Å². The van der Waals surface area contributed by atoms with Crippen molar-refractivity contribution in [2.75, 3.05) is 4.90 Å². The molecule has 244 valence electrons. The van der Waals surface area contributed by atoms with Crippen LogP contribution in [0.2, 0.25) is 0 Å². The zero-order chi connectivity index (χ0) is 34.4. The number of thiophene rings is 1. The summed E-state index contributed by atoms with van der Waals surface area (Å²) in [6.07, 6.45) is 0. The van der Waals surface area contributed by atoms with Crippen molar-refractivity contribution in [3.05, 3.63) is 200 Å². The summed E-state index contributed by atoms with van der Waals surface area (Å²) in [5.74, 6) is 0. The smallest absolute Gasteiger partial charge is 0.0467 e. The van der Waals surface area contributed by atoms with E-state index >= 15 is 0 Å². The van der Waals surface area contributed by atoms with E-state index in [1.54, 1.807) is 0 Å². The van der Waals surface area contributed by atoms with E-state index in [4.69, 9.17) is 0 Å². The van der Waals surface area contributed by atoms with Crippen LogP contribution in [0.4, 0.5) is 17.1 Å². The molecule has 0 saturated heterocycles. The Labute approximate surface area is 307 Å². The highest BCUT2D eigenvalue weighted by atomic mass is 32.1. The Morgan fingerprint density at radius 1 is 0.288 bits per heavy atom. The van der Waals surface area contributed by atoms with Gasteiger partial charge in [0.15, 0.2) is 0 Å². The van der Waals surface area contributed by atoms with E-state index in [-0.39, 0.29) is 0 Å². The second kappa shape index (κ2) is 12.7. The molecule has 0 aliphatic rings. The van der Waals surface area contributed by atoms with Gasteiger partial charge < -0.3 is 4.90 Å². The van der Waals surface area contributed by atoms with E-state index in [0.29, 0.717) is 0 Å². The molecule has 0 aliphatic heterocycles. The summed E-state index contributed by atoms with van der Waals surface area (Å²) in [5.41, 5.74) is 10.6. The Bertz CT molecular complexity index is 2880. The molecular weight excluding hydrogens is 647 g/mol. The van der Waals surface area contributed by atoms with Crippen LogP contribution in [0.15, 0.2) is 200 Å². The minimum Gasteiger partial charge on any atom is -0.310 e. The van der Waals surface area contributed by atoms with Crippen molar-refractivity contribution >= 4 is 70.1 Å². The quantitative estimate of drug-likeness (QED) is 0.169. The van der Waals surface area contributed by atoms with Gasteiger partial charge in [-0.25, -0.2) is 0 Å². The molecule has 0 saturated carbocycles. The Kier molecular flexibility index (Phi) is 7.41. The molecule has 9 aromatic carbocycles. The Morgan fingerprint density at radius 2 is 0.904 bits per heavy atom. The lowest BCUT2D eigenvalue weighted by Gasteiger charge is -2.26. The van der Waals surface area contributed by atoms with Crippen LogP contribution in [0.5, 0.6) is 0 Å². The van der Waals surface area contributed by atoms with Gasteiger partial charge in [-0.15, -0.1) is 11.3 Å². The van der Waals surface area contributed by atoms with Gasteiger partial charge in [0.2, 0.25) is 0 Å². The molecule has 1 heterocycles. The monoisotopic (exact) mass is 679 g/mol. The molecule has 0 atom stereocenters. The Hall–Kier alpha value is -6.48. The predicted octanol–water partition coefficient (Wildman–Crippen LogP) is 14.8. The van der Waals surface area contributed by atoms with Gasteiger partial charge in [0.25, 0.3) is 0 Å².